The predicted molar refractivity (Wildman–Crippen MR) is 150 cm³/mol. The predicted octanol–water partition coefficient (Wildman–Crippen LogP) is 6.13. The number of rotatable bonds is 5. The Morgan fingerprint density at radius 2 is 1.67 bits per heavy atom. The van der Waals surface area contributed by atoms with E-state index in [2.05, 4.69) is 16.0 Å². The first-order chi connectivity index (χ1) is 19.1. The standard InChI is InChI=1S/C31H29N5O3/c1-21-27-20-35(31(37)32-23-9-7-12-26(19-23)39-3)29(22-14-16-25(38-2)17-15-22)28-13-8-18-34(28)30(27)36(33-21)24-10-5-4-6-11-24/h4-19,29H,20H2,1-3H3,(H,32,37)/t29-/m1/s1. The van der Waals surface area contributed by atoms with Crippen molar-refractivity contribution in [1.82, 2.24) is 19.2 Å². The fraction of sp³-hybridized carbons (Fsp3) is 0.161. The molecule has 1 atom stereocenters. The summed E-state index contributed by atoms with van der Waals surface area (Å²) in [4.78, 5) is 15.9. The van der Waals surface area contributed by atoms with E-state index in [1.54, 1.807) is 14.2 Å². The van der Waals surface area contributed by atoms with E-state index < -0.39 is 0 Å². The summed E-state index contributed by atoms with van der Waals surface area (Å²) in [6, 6.07) is 28.8. The lowest BCUT2D eigenvalue weighted by Gasteiger charge is -2.31. The van der Waals surface area contributed by atoms with Gasteiger partial charge in [-0.3, -0.25) is 0 Å². The first kappa shape index (κ1) is 24.4. The molecule has 8 heteroatoms. The molecule has 39 heavy (non-hydrogen) atoms. The summed E-state index contributed by atoms with van der Waals surface area (Å²) in [5.74, 6) is 2.36. The quantitative estimate of drug-likeness (QED) is 0.303. The fourth-order valence-electron chi connectivity index (χ4n) is 5.18. The highest BCUT2D eigenvalue weighted by Crippen LogP contribution is 2.39. The number of carbonyl (C=O) groups is 1. The Labute approximate surface area is 227 Å². The highest BCUT2D eigenvalue weighted by Gasteiger charge is 2.36. The van der Waals surface area contributed by atoms with Crippen LogP contribution < -0.4 is 14.8 Å². The van der Waals surface area contributed by atoms with Gasteiger partial charge in [-0.2, -0.15) is 5.10 Å². The maximum atomic E-state index is 14.1. The van der Waals surface area contributed by atoms with Gasteiger partial charge in [-0.1, -0.05) is 36.4 Å². The van der Waals surface area contributed by atoms with Gasteiger partial charge in [0.1, 0.15) is 17.3 Å². The number of carbonyl (C=O) groups excluding carboxylic acids is 1. The molecular weight excluding hydrogens is 490 g/mol. The van der Waals surface area contributed by atoms with Crippen LogP contribution in [0.3, 0.4) is 0 Å². The summed E-state index contributed by atoms with van der Waals surface area (Å²) >= 11 is 0. The fourth-order valence-corrected chi connectivity index (χ4v) is 5.18. The lowest BCUT2D eigenvalue weighted by molar-refractivity contribution is 0.194. The van der Waals surface area contributed by atoms with Crippen LogP contribution in [0.5, 0.6) is 11.5 Å². The molecule has 0 radical (unpaired) electrons. The second-order valence-electron chi connectivity index (χ2n) is 9.40. The van der Waals surface area contributed by atoms with Crippen molar-refractivity contribution in [2.24, 2.45) is 0 Å². The number of para-hydroxylation sites is 1. The molecule has 2 aromatic heterocycles. The number of hydrogen-bond acceptors (Lipinski definition) is 4. The third-order valence-electron chi connectivity index (χ3n) is 7.10. The van der Waals surface area contributed by atoms with Crippen LogP contribution >= 0.6 is 0 Å². The molecular formula is C31H29N5O3. The van der Waals surface area contributed by atoms with Crippen LogP contribution in [0.15, 0.2) is 97.2 Å². The molecule has 1 aliphatic heterocycles. The topological polar surface area (TPSA) is 73.5 Å². The van der Waals surface area contributed by atoms with Gasteiger partial charge in [0.15, 0.2) is 0 Å². The number of ether oxygens (including phenoxy) is 2. The van der Waals surface area contributed by atoms with E-state index in [1.807, 2.05) is 108 Å². The average molecular weight is 520 g/mol. The molecule has 0 unspecified atom stereocenters. The summed E-state index contributed by atoms with van der Waals surface area (Å²) in [6.07, 6.45) is 2.04. The number of aromatic nitrogens is 3. The SMILES string of the molecule is COc1ccc([C@@H]2c3cccn3-c3c(c(C)nn3-c3ccccc3)CN2C(=O)Nc2cccc(OC)c2)cc1. The van der Waals surface area contributed by atoms with Gasteiger partial charge in [-0.25, -0.2) is 9.48 Å². The summed E-state index contributed by atoms with van der Waals surface area (Å²) in [6.45, 7) is 2.36. The van der Waals surface area contributed by atoms with Gasteiger partial charge in [0.25, 0.3) is 0 Å². The minimum atomic E-state index is -0.368. The number of urea groups is 1. The summed E-state index contributed by atoms with van der Waals surface area (Å²) in [5.41, 5.74) is 5.38. The maximum Gasteiger partial charge on any atom is 0.322 e. The van der Waals surface area contributed by atoms with Crippen molar-refractivity contribution in [2.75, 3.05) is 19.5 Å². The van der Waals surface area contributed by atoms with E-state index in [4.69, 9.17) is 14.6 Å². The van der Waals surface area contributed by atoms with Crippen molar-refractivity contribution in [3.63, 3.8) is 0 Å². The monoisotopic (exact) mass is 519 g/mol. The molecule has 6 rings (SSSR count). The van der Waals surface area contributed by atoms with E-state index in [0.29, 0.717) is 18.0 Å². The Hall–Kier alpha value is -4.98. The van der Waals surface area contributed by atoms with Crippen LogP contribution in [0.4, 0.5) is 10.5 Å². The van der Waals surface area contributed by atoms with Crippen molar-refractivity contribution in [3.05, 3.63) is 120 Å². The number of hydrogen-bond donors (Lipinski definition) is 1. The first-order valence-corrected chi connectivity index (χ1v) is 12.7. The summed E-state index contributed by atoms with van der Waals surface area (Å²) in [5, 5.41) is 8.00. The average Bonchev–Trinajstić information content (AvgIpc) is 3.54. The van der Waals surface area contributed by atoms with Crippen LogP contribution in [0.2, 0.25) is 0 Å². The number of methoxy groups -OCH3 is 2. The van der Waals surface area contributed by atoms with Gasteiger partial charge in [0.05, 0.1) is 43.9 Å². The first-order valence-electron chi connectivity index (χ1n) is 12.7. The zero-order valence-corrected chi connectivity index (χ0v) is 22.0. The maximum absolute atomic E-state index is 14.1. The molecule has 0 aliphatic carbocycles. The second-order valence-corrected chi connectivity index (χ2v) is 9.40. The highest BCUT2D eigenvalue weighted by molar-refractivity contribution is 5.90. The number of anilines is 1. The van der Waals surface area contributed by atoms with Crippen molar-refractivity contribution in [2.45, 2.75) is 19.5 Å². The van der Waals surface area contributed by atoms with E-state index >= 15 is 0 Å². The van der Waals surface area contributed by atoms with Gasteiger partial charge in [-0.15, -0.1) is 0 Å². The van der Waals surface area contributed by atoms with Gasteiger partial charge >= 0.3 is 6.03 Å². The minimum Gasteiger partial charge on any atom is -0.497 e. The summed E-state index contributed by atoms with van der Waals surface area (Å²) < 4.78 is 14.9. The molecule has 8 nitrogen and oxygen atoms in total. The Morgan fingerprint density at radius 3 is 2.41 bits per heavy atom. The Kier molecular flexibility index (Phi) is 6.28. The lowest BCUT2D eigenvalue weighted by atomic mass is 10.0. The second kappa shape index (κ2) is 10.1. The molecule has 0 fully saturated rings. The molecule has 196 valence electrons. The zero-order valence-electron chi connectivity index (χ0n) is 22.0. The lowest BCUT2D eigenvalue weighted by Crippen LogP contribution is -2.38. The number of nitrogens with one attached hydrogen (secondary N) is 1. The van der Waals surface area contributed by atoms with E-state index in [1.165, 1.54) is 0 Å². The molecule has 0 saturated carbocycles. The Balaban J connectivity index is 1.51. The van der Waals surface area contributed by atoms with E-state index in [9.17, 15) is 4.79 Å². The molecule has 1 N–H and O–H groups in total. The number of aryl methyl sites for hydroxylation is 1. The molecule has 3 aromatic carbocycles. The van der Waals surface area contributed by atoms with Crippen molar-refractivity contribution < 1.29 is 14.3 Å². The van der Waals surface area contributed by atoms with Gasteiger partial charge < -0.3 is 24.3 Å². The van der Waals surface area contributed by atoms with Crippen LogP contribution in [0.25, 0.3) is 11.5 Å². The molecule has 0 spiro atoms. The number of benzene rings is 3. The van der Waals surface area contributed by atoms with Crippen LogP contribution in [-0.2, 0) is 6.54 Å². The largest absolute Gasteiger partial charge is 0.497 e. The van der Waals surface area contributed by atoms with Crippen molar-refractivity contribution in [1.29, 1.82) is 0 Å². The summed E-state index contributed by atoms with van der Waals surface area (Å²) in [7, 11) is 3.26. The molecule has 0 saturated heterocycles. The van der Waals surface area contributed by atoms with Gasteiger partial charge in [0.2, 0.25) is 0 Å². The van der Waals surface area contributed by atoms with Gasteiger partial charge in [-0.05, 0) is 61.0 Å². The zero-order chi connectivity index (χ0) is 26.9. The third kappa shape index (κ3) is 4.40. The molecule has 5 aromatic rings. The van der Waals surface area contributed by atoms with Gasteiger partial charge in [0, 0.05) is 23.5 Å². The van der Waals surface area contributed by atoms with Crippen molar-refractivity contribution >= 4 is 11.7 Å². The molecule has 2 amide bonds. The highest BCUT2D eigenvalue weighted by atomic mass is 16.5. The van der Waals surface area contributed by atoms with E-state index in [0.717, 1.165) is 39.8 Å². The number of nitrogens with zero attached hydrogens (tertiary/aromatic N) is 4. The number of fused-ring (bicyclic) bond motifs is 3. The van der Waals surface area contributed by atoms with Crippen molar-refractivity contribution in [3.8, 4) is 23.0 Å². The van der Waals surface area contributed by atoms with E-state index in [-0.39, 0.29) is 12.1 Å². The Morgan fingerprint density at radius 1 is 0.897 bits per heavy atom. The van der Waals surface area contributed by atoms with Crippen LogP contribution in [0.1, 0.15) is 28.6 Å². The molecule has 0 bridgehead atoms. The minimum absolute atomic E-state index is 0.225. The molecule has 1 aliphatic rings. The van der Waals surface area contributed by atoms with Crippen LogP contribution in [-0.4, -0.2) is 39.5 Å². The normalized spacial score (nSPS) is 14.2. The van der Waals surface area contributed by atoms with Crippen LogP contribution in [0, 0.1) is 6.92 Å². The number of amides is 2. The smallest absolute Gasteiger partial charge is 0.322 e. The molecule has 3 heterocycles. The third-order valence-corrected chi connectivity index (χ3v) is 7.10. The Bertz CT molecular complexity index is 1620.